The van der Waals surface area contributed by atoms with E-state index in [1.165, 1.54) is 6.21 Å². The van der Waals surface area contributed by atoms with E-state index in [1.807, 2.05) is 32.1 Å². The van der Waals surface area contributed by atoms with Crippen molar-refractivity contribution in [2.24, 2.45) is 4.99 Å². The van der Waals surface area contributed by atoms with Crippen molar-refractivity contribution in [3.05, 3.63) is 76.9 Å². The normalized spacial score (nSPS) is 18.0. The van der Waals surface area contributed by atoms with Crippen molar-refractivity contribution in [1.29, 1.82) is 0 Å². The van der Waals surface area contributed by atoms with E-state index in [2.05, 4.69) is 11.1 Å². The molecule has 0 saturated carbocycles. The second-order valence-corrected chi connectivity index (χ2v) is 9.11. The van der Waals surface area contributed by atoms with E-state index in [1.54, 1.807) is 43.5 Å². The zero-order valence-electron chi connectivity index (χ0n) is 19.4. The fraction of sp³-hybridized carbons (Fsp3) is 0.250. The van der Waals surface area contributed by atoms with Gasteiger partial charge in [-0.1, -0.05) is 12.1 Å². The molecule has 0 radical (unpaired) electrons. The maximum atomic E-state index is 11.0. The van der Waals surface area contributed by atoms with Gasteiger partial charge in [0.05, 0.1) is 30.5 Å². The Bertz CT molecular complexity index is 1290. The number of hydrogen-bond donors (Lipinski definition) is 2. The van der Waals surface area contributed by atoms with Crippen LogP contribution in [0.5, 0.6) is 28.7 Å². The summed E-state index contributed by atoms with van der Waals surface area (Å²) in [5.41, 5.74) is 3.35. The van der Waals surface area contributed by atoms with Crippen molar-refractivity contribution < 1.29 is 24.4 Å². The summed E-state index contributed by atoms with van der Waals surface area (Å²) in [5.74, 6) is 2.29. The maximum absolute atomic E-state index is 11.0. The number of methoxy groups -OCH3 is 1. The average Bonchev–Trinajstić information content (AvgIpc) is 2.83. The maximum Gasteiger partial charge on any atom is 0.133 e. The molecule has 34 heavy (non-hydrogen) atoms. The van der Waals surface area contributed by atoms with Gasteiger partial charge in [0.15, 0.2) is 0 Å². The largest absolute Gasteiger partial charge is 0.507 e. The number of fused-ring (bicyclic) bond motifs is 3. The molecule has 6 heteroatoms. The average molecular weight is 458 g/mol. The standard InChI is InChI=1S/C28H27NO5/c1-28(2)13-12-22-25(34-28)11-4-17-14-18(16-33-27(17)22)21-9-10-24(30)23(26(21)31)15-29-19-5-7-20(32-3)8-6-19/h4-13,15,18,30-31H,14,16H2,1-3H3. The molecule has 0 aromatic heterocycles. The van der Waals surface area contributed by atoms with Gasteiger partial charge in [-0.3, -0.25) is 4.99 Å². The fourth-order valence-electron chi connectivity index (χ4n) is 4.39. The van der Waals surface area contributed by atoms with E-state index in [9.17, 15) is 10.2 Å². The molecule has 2 N–H and O–H groups in total. The quantitative estimate of drug-likeness (QED) is 0.487. The Morgan fingerprint density at radius 2 is 1.85 bits per heavy atom. The van der Waals surface area contributed by atoms with Crippen LogP contribution in [0, 0.1) is 0 Å². The summed E-state index contributed by atoms with van der Waals surface area (Å²) >= 11 is 0. The molecular formula is C28H27NO5. The molecule has 2 aliphatic rings. The van der Waals surface area contributed by atoms with Crippen LogP contribution in [0.2, 0.25) is 0 Å². The third-order valence-corrected chi connectivity index (χ3v) is 6.24. The molecule has 6 nitrogen and oxygen atoms in total. The van der Waals surface area contributed by atoms with Gasteiger partial charge in [-0.15, -0.1) is 0 Å². The van der Waals surface area contributed by atoms with Crippen molar-refractivity contribution in [3.63, 3.8) is 0 Å². The van der Waals surface area contributed by atoms with Gasteiger partial charge in [0.2, 0.25) is 0 Å². The number of rotatable bonds is 4. The van der Waals surface area contributed by atoms with Gasteiger partial charge in [0, 0.05) is 17.7 Å². The highest BCUT2D eigenvalue weighted by Crippen LogP contribution is 2.45. The molecular weight excluding hydrogens is 430 g/mol. The molecule has 3 aromatic rings. The van der Waals surface area contributed by atoms with Gasteiger partial charge in [0.25, 0.3) is 0 Å². The third kappa shape index (κ3) is 4.07. The van der Waals surface area contributed by atoms with E-state index in [4.69, 9.17) is 14.2 Å². The first-order valence-electron chi connectivity index (χ1n) is 11.2. The number of aromatic hydroxyl groups is 2. The molecule has 2 aliphatic heterocycles. The Hall–Kier alpha value is -3.93. The lowest BCUT2D eigenvalue weighted by Crippen LogP contribution is -2.28. The van der Waals surface area contributed by atoms with Crippen molar-refractivity contribution in [1.82, 2.24) is 0 Å². The molecule has 0 bridgehead atoms. The van der Waals surface area contributed by atoms with Crippen molar-refractivity contribution >= 4 is 18.0 Å². The number of benzene rings is 3. The van der Waals surface area contributed by atoms with Crippen molar-refractivity contribution in [2.45, 2.75) is 31.8 Å². The highest BCUT2D eigenvalue weighted by atomic mass is 16.5. The van der Waals surface area contributed by atoms with Crippen LogP contribution in [0.25, 0.3) is 6.08 Å². The summed E-state index contributed by atoms with van der Waals surface area (Å²) in [6, 6.07) is 14.6. The minimum atomic E-state index is -0.347. The SMILES string of the molecule is COc1ccc(N=Cc2c(O)ccc(C3COc4c(ccc5c4C=CC(C)(C)O5)C3)c2O)cc1. The highest BCUT2D eigenvalue weighted by Gasteiger charge is 2.30. The van der Waals surface area contributed by atoms with Crippen molar-refractivity contribution in [2.75, 3.05) is 13.7 Å². The van der Waals surface area contributed by atoms with Gasteiger partial charge in [-0.25, -0.2) is 0 Å². The van der Waals surface area contributed by atoms with Gasteiger partial charge < -0.3 is 24.4 Å². The number of nitrogens with zero attached hydrogens (tertiary/aromatic N) is 1. The molecule has 0 spiro atoms. The molecule has 0 aliphatic carbocycles. The van der Waals surface area contributed by atoms with Crippen LogP contribution >= 0.6 is 0 Å². The topological polar surface area (TPSA) is 80.5 Å². The monoisotopic (exact) mass is 457 g/mol. The van der Waals surface area contributed by atoms with E-state index in [-0.39, 0.29) is 28.6 Å². The molecule has 174 valence electrons. The summed E-state index contributed by atoms with van der Waals surface area (Å²) < 4.78 is 17.4. The second kappa shape index (κ2) is 8.45. The number of phenols is 2. The van der Waals surface area contributed by atoms with Gasteiger partial charge >= 0.3 is 0 Å². The van der Waals surface area contributed by atoms with Gasteiger partial charge in [-0.05, 0) is 74.4 Å². The van der Waals surface area contributed by atoms with Gasteiger partial charge in [0.1, 0.15) is 34.3 Å². The van der Waals surface area contributed by atoms with Crippen molar-refractivity contribution in [3.8, 4) is 28.7 Å². The summed E-state index contributed by atoms with van der Waals surface area (Å²) in [5, 5.41) is 21.4. The number of phenolic OH excluding ortho intramolecular Hbond substituents is 2. The lowest BCUT2D eigenvalue weighted by Gasteiger charge is -2.32. The van der Waals surface area contributed by atoms with Crippen LogP contribution in [0.3, 0.4) is 0 Å². The lowest BCUT2D eigenvalue weighted by molar-refractivity contribution is 0.157. The predicted molar refractivity (Wildman–Crippen MR) is 132 cm³/mol. The second-order valence-electron chi connectivity index (χ2n) is 9.11. The summed E-state index contributed by atoms with van der Waals surface area (Å²) in [6.45, 7) is 4.45. The van der Waals surface area contributed by atoms with Crippen LogP contribution in [0.1, 0.15) is 42.0 Å². The highest BCUT2D eigenvalue weighted by molar-refractivity contribution is 5.89. The Labute approximate surface area is 198 Å². The number of ether oxygens (including phenoxy) is 3. The first kappa shape index (κ1) is 21.9. The van der Waals surface area contributed by atoms with E-state index in [0.29, 0.717) is 24.3 Å². The Kier molecular flexibility index (Phi) is 5.44. The van der Waals surface area contributed by atoms with Crippen LogP contribution in [-0.2, 0) is 6.42 Å². The molecule has 5 rings (SSSR count). The number of hydrogen-bond acceptors (Lipinski definition) is 6. The lowest BCUT2D eigenvalue weighted by atomic mass is 9.87. The van der Waals surface area contributed by atoms with Crippen LogP contribution in [0.4, 0.5) is 5.69 Å². The van der Waals surface area contributed by atoms with Crippen LogP contribution < -0.4 is 14.2 Å². The molecule has 0 saturated heterocycles. The van der Waals surface area contributed by atoms with Gasteiger partial charge in [-0.2, -0.15) is 0 Å². The Morgan fingerprint density at radius 1 is 1.06 bits per heavy atom. The molecule has 0 amide bonds. The Balaban J connectivity index is 1.42. The summed E-state index contributed by atoms with van der Waals surface area (Å²) in [6.07, 6.45) is 6.27. The minimum absolute atomic E-state index is 0.0113. The van der Waals surface area contributed by atoms with E-state index < -0.39 is 0 Å². The Morgan fingerprint density at radius 3 is 2.62 bits per heavy atom. The summed E-state index contributed by atoms with van der Waals surface area (Å²) in [7, 11) is 1.60. The van der Waals surface area contributed by atoms with E-state index in [0.717, 1.165) is 28.4 Å². The third-order valence-electron chi connectivity index (χ3n) is 6.24. The zero-order chi connectivity index (χ0) is 23.9. The minimum Gasteiger partial charge on any atom is -0.507 e. The molecule has 1 atom stereocenters. The number of aliphatic imine (C=N–C) groups is 1. The van der Waals surface area contributed by atoms with Crippen LogP contribution in [-0.4, -0.2) is 35.7 Å². The first-order valence-corrected chi connectivity index (χ1v) is 11.2. The molecule has 0 fully saturated rings. The predicted octanol–water partition coefficient (Wildman–Crippen LogP) is 5.76. The molecule has 1 unspecified atom stereocenters. The fourth-order valence-corrected chi connectivity index (χ4v) is 4.39. The smallest absolute Gasteiger partial charge is 0.133 e. The first-order chi connectivity index (χ1) is 16.3. The molecule has 3 aromatic carbocycles. The molecule has 2 heterocycles. The zero-order valence-corrected chi connectivity index (χ0v) is 19.4. The van der Waals surface area contributed by atoms with Crippen LogP contribution in [0.15, 0.2) is 59.6 Å². The van der Waals surface area contributed by atoms with E-state index >= 15 is 0 Å². The summed E-state index contributed by atoms with van der Waals surface area (Å²) in [4.78, 5) is 4.40.